The van der Waals surface area contributed by atoms with Gasteiger partial charge in [-0.15, -0.1) is 0 Å². The van der Waals surface area contributed by atoms with Crippen LogP contribution in [0.3, 0.4) is 0 Å². The van der Waals surface area contributed by atoms with E-state index in [2.05, 4.69) is 68.1 Å². The highest BCUT2D eigenvalue weighted by molar-refractivity contribution is 6.31. The number of β-amino-alcohol motifs (C(OH)–C–C–N with tert-alkyl or cyclic N) is 1. The molecular formula is C54H74Cl2N10O5. The quantitative estimate of drug-likeness (QED) is 0.0783. The number of anilines is 4. The van der Waals surface area contributed by atoms with Crippen molar-refractivity contribution < 1.29 is 24.5 Å². The average Bonchev–Trinajstić information content (AvgIpc) is 3.27. The van der Waals surface area contributed by atoms with Crippen LogP contribution in [-0.2, 0) is 9.53 Å². The van der Waals surface area contributed by atoms with Crippen molar-refractivity contribution in [2.75, 3.05) is 92.5 Å². The number of rotatable bonds is 16. The van der Waals surface area contributed by atoms with E-state index in [1.807, 2.05) is 45.0 Å². The number of carboxylic acid groups (broad SMARTS) is 1. The molecule has 5 aliphatic rings. The third-order valence-corrected chi connectivity index (χ3v) is 16.4. The number of carbonyl (C=O) groups is 2. The number of esters is 1. The molecule has 15 nitrogen and oxygen atoms in total. The zero-order valence-electron chi connectivity index (χ0n) is 42.6. The molecule has 2 aromatic carbocycles. The van der Waals surface area contributed by atoms with Gasteiger partial charge in [0.05, 0.1) is 31.2 Å². The van der Waals surface area contributed by atoms with Crippen LogP contribution in [0.2, 0.25) is 10.0 Å². The van der Waals surface area contributed by atoms with Crippen molar-refractivity contribution >= 4 is 58.7 Å². The van der Waals surface area contributed by atoms with Crippen LogP contribution in [0.5, 0.6) is 0 Å². The number of aryl methyl sites for hydroxylation is 3. The van der Waals surface area contributed by atoms with E-state index >= 15 is 0 Å². The van der Waals surface area contributed by atoms with Crippen LogP contribution in [0.1, 0.15) is 115 Å². The molecule has 0 radical (unpaired) electrons. The van der Waals surface area contributed by atoms with Crippen molar-refractivity contribution in [2.45, 2.75) is 105 Å². The highest BCUT2D eigenvalue weighted by atomic mass is 35.5. The first-order valence-corrected chi connectivity index (χ1v) is 26.6. The summed E-state index contributed by atoms with van der Waals surface area (Å²) in [5, 5.41) is 26.9. The molecule has 5 fully saturated rings. The minimum atomic E-state index is -0.631. The molecule has 1 saturated carbocycles. The molecule has 0 amide bonds. The summed E-state index contributed by atoms with van der Waals surface area (Å²) in [6.45, 7) is 23.4. The van der Waals surface area contributed by atoms with Crippen molar-refractivity contribution in [3.05, 3.63) is 91.7 Å². The van der Waals surface area contributed by atoms with E-state index in [0.717, 1.165) is 122 Å². The van der Waals surface area contributed by atoms with E-state index in [0.29, 0.717) is 52.1 Å². The molecule has 4 N–H and O–H groups in total. The lowest BCUT2D eigenvalue weighted by Gasteiger charge is -2.50. The van der Waals surface area contributed by atoms with Crippen molar-refractivity contribution in [3.8, 4) is 0 Å². The van der Waals surface area contributed by atoms with E-state index in [1.165, 1.54) is 25.7 Å². The van der Waals surface area contributed by atoms with Crippen molar-refractivity contribution in [2.24, 2.45) is 29.6 Å². The monoisotopic (exact) mass is 1010 g/mol. The number of nitrogens with one attached hydrogen (secondary N) is 2. The predicted molar refractivity (Wildman–Crippen MR) is 282 cm³/mol. The van der Waals surface area contributed by atoms with Crippen LogP contribution >= 0.6 is 23.2 Å². The molecule has 0 bridgehead atoms. The number of carbonyl (C=O) groups excluding carboxylic acids is 1. The lowest BCUT2D eigenvalue weighted by atomic mass is 9.76. The Bertz CT molecular complexity index is 2500. The van der Waals surface area contributed by atoms with Gasteiger partial charge >= 0.3 is 11.9 Å². The van der Waals surface area contributed by atoms with Crippen molar-refractivity contribution in [1.29, 1.82) is 0 Å². The standard InChI is InChI=1S/C28H38ClN5O2.C26H36ClN5O3/c1-16-7-8-24(25(29)10-16)19(4)30-26-17(2)18(3)31-28(32-26)34-14-22(15-34)20-6-5-9-33(13-20)23-11-21(12-23)27(35)36;1-4-35-25(34)22-13-28-26(30-24(22)29-18(3)21-8-7-17(2)12-23(21)27)32-15-20(16-32)19-6-5-9-31(14-19)10-11-33/h7-8,10,19-23H,5-6,9,11-15H2,1-4H3,(H,35,36)(H,30,31,32);7-8,12-13,18-20,33H,4-6,9-11,14-16H2,1-3H3,(H,28,29,30). The molecule has 6 heterocycles. The number of aliphatic hydroxyl groups excluding tert-OH is 1. The molecule has 9 rings (SSSR count). The Morgan fingerprint density at radius 1 is 0.761 bits per heavy atom. The summed E-state index contributed by atoms with van der Waals surface area (Å²) >= 11 is 13.0. The summed E-state index contributed by atoms with van der Waals surface area (Å²) in [7, 11) is 0. The second-order valence-corrected chi connectivity index (χ2v) is 21.6. The van der Waals surface area contributed by atoms with Crippen LogP contribution in [0.25, 0.3) is 0 Å². The molecule has 4 aromatic rings. The van der Waals surface area contributed by atoms with Crippen molar-refractivity contribution in [3.63, 3.8) is 0 Å². The highest BCUT2D eigenvalue weighted by Crippen LogP contribution is 2.40. The van der Waals surface area contributed by atoms with Crippen LogP contribution in [-0.4, -0.2) is 130 Å². The summed E-state index contributed by atoms with van der Waals surface area (Å²) in [6, 6.07) is 12.4. The third kappa shape index (κ3) is 12.5. The van der Waals surface area contributed by atoms with Gasteiger partial charge < -0.3 is 45.2 Å². The lowest BCUT2D eigenvalue weighted by molar-refractivity contribution is -0.147. The maximum absolute atomic E-state index is 12.6. The van der Waals surface area contributed by atoms with Gasteiger partial charge in [0.2, 0.25) is 11.9 Å². The summed E-state index contributed by atoms with van der Waals surface area (Å²) in [5.41, 5.74) is 6.61. The Morgan fingerprint density at radius 3 is 1.90 bits per heavy atom. The van der Waals surface area contributed by atoms with Gasteiger partial charge in [-0.1, -0.05) is 47.5 Å². The molecule has 17 heteroatoms. The van der Waals surface area contributed by atoms with E-state index < -0.39 is 11.9 Å². The molecule has 4 aliphatic heterocycles. The fraction of sp³-hybridized carbons (Fsp3) is 0.593. The first kappa shape index (κ1) is 52.5. The van der Waals surface area contributed by atoms with E-state index in [1.54, 1.807) is 13.1 Å². The number of aliphatic carboxylic acids is 1. The number of aliphatic hydroxyl groups is 1. The Kier molecular flexibility index (Phi) is 17.3. The van der Waals surface area contributed by atoms with Gasteiger partial charge in [0.25, 0.3) is 0 Å². The molecule has 4 unspecified atom stereocenters. The number of hydrogen-bond acceptors (Lipinski definition) is 14. The first-order chi connectivity index (χ1) is 34.1. The van der Waals surface area contributed by atoms with Gasteiger partial charge in [-0.3, -0.25) is 4.79 Å². The molecule has 4 atom stereocenters. The maximum Gasteiger partial charge on any atom is 0.343 e. The number of benzene rings is 2. The summed E-state index contributed by atoms with van der Waals surface area (Å²) in [4.78, 5) is 52.2. The number of likely N-dealkylation sites (tertiary alicyclic amines) is 2. The smallest absolute Gasteiger partial charge is 0.343 e. The fourth-order valence-corrected chi connectivity index (χ4v) is 11.8. The number of piperidine rings is 2. The van der Waals surface area contributed by atoms with Gasteiger partial charge in [-0.2, -0.15) is 9.97 Å². The fourth-order valence-electron chi connectivity index (χ4n) is 11.0. The van der Waals surface area contributed by atoms with Gasteiger partial charge in [-0.05, 0) is 158 Å². The molecule has 2 aromatic heterocycles. The van der Waals surface area contributed by atoms with E-state index in [9.17, 15) is 19.8 Å². The van der Waals surface area contributed by atoms with Gasteiger partial charge in [0.15, 0.2) is 0 Å². The molecule has 384 valence electrons. The highest BCUT2D eigenvalue weighted by Gasteiger charge is 2.43. The van der Waals surface area contributed by atoms with Crippen LogP contribution in [0, 0.1) is 57.3 Å². The number of nitrogens with zero attached hydrogens (tertiary/aromatic N) is 8. The van der Waals surface area contributed by atoms with Crippen LogP contribution in [0.4, 0.5) is 23.5 Å². The van der Waals surface area contributed by atoms with Crippen molar-refractivity contribution in [1.82, 2.24) is 29.7 Å². The normalized spacial score (nSPS) is 22.8. The SMILES string of the molecule is CCOC(=O)c1cnc(N2CC(C3CCCN(CCO)C3)C2)nc1NC(C)c1ccc(C)cc1Cl.Cc1ccc(C(C)Nc2nc(N3CC(C4CCCN(C5CC(C(=O)O)C5)C4)C3)nc(C)c2C)c(Cl)c1. The summed E-state index contributed by atoms with van der Waals surface area (Å²) in [6.07, 6.45) is 8.07. The molecule has 71 heavy (non-hydrogen) atoms. The second kappa shape index (κ2) is 23.4. The number of aromatic nitrogens is 4. The number of halogens is 2. The largest absolute Gasteiger partial charge is 0.481 e. The minimum absolute atomic E-state index is 0.0311. The summed E-state index contributed by atoms with van der Waals surface area (Å²) in [5.74, 6) is 4.06. The zero-order valence-corrected chi connectivity index (χ0v) is 44.1. The minimum Gasteiger partial charge on any atom is -0.481 e. The third-order valence-electron chi connectivity index (χ3n) is 15.7. The number of ether oxygens (including phenoxy) is 1. The summed E-state index contributed by atoms with van der Waals surface area (Å²) < 4.78 is 5.24. The van der Waals surface area contributed by atoms with E-state index in [4.69, 9.17) is 42.9 Å². The van der Waals surface area contributed by atoms with Crippen LogP contribution in [0.15, 0.2) is 42.6 Å². The molecule has 4 saturated heterocycles. The number of hydrogen-bond donors (Lipinski definition) is 4. The molecule has 0 spiro atoms. The molecular weight excluding hydrogens is 940 g/mol. The first-order valence-electron chi connectivity index (χ1n) is 25.8. The Morgan fingerprint density at radius 2 is 1.32 bits per heavy atom. The zero-order chi connectivity index (χ0) is 50.5. The van der Waals surface area contributed by atoms with Gasteiger partial charge in [0.1, 0.15) is 17.2 Å². The lowest BCUT2D eigenvalue weighted by Crippen LogP contribution is -2.57. The van der Waals surface area contributed by atoms with Gasteiger partial charge in [-0.25, -0.2) is 14.8 Å². The maximum atomic E-state index is 12.6. The Hall–Kier alpha value is -4.80. The molecule has 1 aliphatic carbocycles. The Balaban J connectivity index is 0.000000191. The predicted octanol–water partition coefficient (Wildman–Crippen LogP) is 9.17. The topological polar surface area (TPSA) is 172 Å². The number of carboxylic acids is 1. The van der Waals surface area contributed by atoms with Gasteiger partial charge in [0, 0.05) is 79.4 Å². The van der Waals surface area contributed by atoms with E-state index in [-0.39, 0.29) is 31.2 Å². The van der Waals surface area contributed by atoms with Crippen LogP contribution < -0.4 is 20.4 Å². The average molecular weight is 1010 g/mol. The Labute approximate surface area is 430 Å². The second-order valence-electron chi connectivity index (χ2n) is 20.8.